The smallest absolute Gasteiger partial charge is 0.339 e. The molecule has 1 aromatic carbocycles. The Morgan fingerprint density at radius 3 is 2.52 bits per heavy atom. The molecule has 1 fully saturated rings. The maximum atomic E-state index is 12.5. The van der Waals surface area contributed by atoms with Gasteiger partial charge in [0.2, 0.25) is 10.0 Å². The summed E-state index contributed by atoms with van der Waals surface area (Å²) in [5, 5.41) is 3.25. The average molecular weight is 414 g/mol. The van der Waals surface area contributed by atoms with Crippen LogP contribution in [0.25, 0.3) is 0 Å². The Kier molecular flexibility index (Phi) is 10.6. The van der Waals surface area contributed by atoms with Crippen molar-refractivity contribution in [3.63, 3.8) is 0 Å². The Bertz CT molecular complexity index is 665. The first-order chi connectivity index (χ1) is 10.9. The van der Waals surface area contributed by atoms with E-state index in [1.165, 1.54) is 19.2 Å². The van der Waals surface area contributed by atoms with Gasteiger partial charge in [0.15, 0.2) is 0 Å². The fraction of sp³-hybridized carbons (Fsp3) is 0.533. The van der Waals surface area contributed by atoms with E-state index in [9.17, 15) is 13.2 Å². The number of sulfonamides is 1. The largest absolute Gasteiger partial charge is 0.465 e. The Morgan fingerprint density at radius 1 is 1.28 bits per heavy atom. The molecular weight excluding hydrogens is 389 g/mol. The number of carbonyl (C=O) groups is 1. The SMILES string of the molecule is COC(=O)c1cc(C)ccc1S(=O)(=O)NCCN1CCNCC1.Cl.Cl. The zero-order valence-corrected chi connectivity index (χ0v) is 16.7. The number of benzene rings is 1. The van der Waals surface area contributed by atoms with Crippen molar-refractivity contribution in [2.75, 3.05) is 46.4 Å². The van der Waals surface area contributed by atoms with Gasteiger partial charge in [-0.05, 0) is 19.1 Å². The number of hydrogen-bond acceptors (Lipinski definition) is 6. The first-order valence-electron chi connectivity index (χ1n) is 7.56. The molecule has 0 bridgehead atoms. The van der Waals surface area contributed by atoms with Gasteiger partial charge in [-0.25, -0.2) is 17.9 Å². The first-order valence-corrected chi connectivity index (χ1v) is 9.04. The molecule has 10 heteroatoms. The summed E-state index contributed by atoms with van der Waals surface area (Å²) in [4.78, 5) is 14.0. The van der Waals surface area contributed by atoms with Crippen molar-refractivity contribution in [3.8, 4) is 0 Å². The Morgan fingerprint density at radius 2 is 1.92 bits per heavy atom. The van der Waals surface area contributed by atoms with Gasteiger partial charge in [0, 0.05) is 39.3 Å². The molecule has 1 heterocycles. The predicted octanol–water partition coefficient (Wildman–Crippen LogP) is 0.809. The average Bonchev–Trinajstić information content (AvgIpc) is 2.54. The number of methoxy groups -OCH3 is 1. The first kappa shape index (κ1) is 24.1. The van der Waals surface area contributed by atoms with Gasteiger partial charge in [0.25, 0.3) is 0 Å². The summed E-state index contributed by atoms with van der Waals surface area (Å²) >= 11 is 0. The van der Waals surface area contributed by atoms with Gasteiger partial charge in [-0.3, -0.25) is 4.90 Å². The third kappa shape index (κ3) is 6.73. The van der Waals surface area contributed by atoms with E-state index in [2.05, 4.69) is 19.7 Å². The molecule has 1 saturated heterocycles. The molecule has 0 amide bonds. The van der Waals surface area contributed by atoms with Crippen molar-refractivity contribution < 1.29 is 17.9 Å². The van der Waals surface area contributed by atoms with Gasteiger partial charge in [-0.15, -0.1) is 24.8 Å². The van der Waals surface area contributed by atoms with Gasteiger partial charge in [-0.1, -0.05) is 11.6 Å². The highest BCUT2D eigenvalue weighted by molar-refractivity contribution is 7.89. The number of aryl methyl sites for hydroxylation is 1. The summed E-state index contributed by atoms with van der Waals surface area (Å²) in [6.07, 6.45) is 0. The molecule has 1 aliphatic heterocycles. The van der Waals surface area contributed by atoms with Crippen LogP contribution in [0.15, 0.2) is 23.1 Å². The number of carbonyl (C=O) groups excluding carboxylic acids is 1. The van der Waals surface area contributed by atoms with E-state index in [4.69, 9.17) is 0 Å². The van der Waals surface area contributed by atoms with Gasteiger partial charge in [0.05, 0.1) is 17.6 Å². The molecule has 0 radical (unpaired) electrons. The fourth-order valence-electron chi connectivity index (χ4n) is 2.50. The lowest BCUT2D eigenvalue weighted by Crippen LogP contribution is -2.46. The molecule has 0 atom stereocenters. The minimum absolute atomic E-state index is 0. The van der Waals surface area contributed by atoms with E-state index >= 15 is 0 Å². The minimum atomic E-state index is -3.76. The standard InChI is InChI=1S/C15H23N3O4S.2ClH/c1-12-3-4-14(13(11-12)15(19)22-2)23(20,21)17-7-10-18-8-5-16-6-9-18;;/h3-4,11,16-17H,5-10H2,1-2H3;2*1H. The second kappa shape index (κ2) is 10.9. The van der Waals surface area contributed by atoms with Crippen LogP contribution in [0.2, 0.25) is 0 Å². The number of esters is 1. The lowest BCUT2D eigenvalue weighted by molar-refractivity contribution is 0.0596. The second-order valence-corrected chi connectivity index (χ2v) is 7.22. The van der Waals surface area contributed by atoms with Gasteiger partial charge < -0.3 is 10.1 Å². The monoisotopic (exact) mass is 413 g/mol. The van der Waals surface area contributed by atoms with E-state index in [1.54, 1.807) is 13.0 Å². The lowest BCUT2D eigenvalue weighted by atomic mass is 10.1. The quantitative estimate of drug-likeness (QED) is 0.670. The maximum Gasteiger partial charge on any atom is 0.339 e. The number of piperazine rings is 1. The van der Waals surface area contributed by atoms with E-state index in [1.807, 2.05) is 0 Å². The van der Waals surface area contributed by atoms with Crippen LogP contribution in [-0.4, -0.2) is 65.7 Å². The van der Waals surface area contributed by atoms with Crippen LogP contribution < -0.4 is 10.0 Å². The van der Waals surface area contributed by atoms with E-state index in [0.717, 1.165) is 31.7 Å². The van der Waals surface area contributed by atoms with E-state index < -0.39 is 16.0 Å². The number of hydrogen-bond donors (Lipinski definition) is 2. The number of rotatable bonds is 6. The zero-order chi connectivity index (χ0) is 16.9. The number of halogens is 2. The van der Waals surface area contributed by atoms with Crippen LogP contribution in [-0.2, 0) is 14.8 Å². The van der Waals surface area contributed by atoms with Crippen LogP contribution >= 0.6 is 24.8 Å². The molecule has 0 aliphatic carbocycles. The van der Waals surface area contributed by atoms with Crippen LogP contribution in [0.4, 0.5) is 0 Å². The Labute approximate surface area is 161 Å². The van der Waals surface area contributed by atoms with Crippen molar-refractivity contribution in [1.82, 2.24) is 14.9 Å². The highest BCUT2D eigenvalue weighted by Crippen LogP contribution is 2.18. The number of ether oxygens (including phenoxy) is 1. The second-order valence-electron chi connectivity index (χ2n) is 5.48. The molecule has 144 valence electrons. The Hall–Kier alpha value is -0.900. The summed E-state index contributed by atoms with van der Waals surface area (Å²) < 4.78 is 32.2. The molecule has 7 nitrogen and oxygen atoms in total. The highest BCUT2D eigenvalue weighted by atomic mass is 35.5. The van der Waals surface area contributed by atoms with Crippen LogP contribution in [0.5, 0.6) is 0 Å². The van der Waals surface area contributed by atoms with E-state index in [-0.39, 0.29) is 35.3 Å². The van der Waals surface area contributed by atoms with Crippen LogP contribution in [0.3, 0.4) is 0 Å². The predicted molar refractivity (Wildman–Crippen MR) is 102 cm³/mol. The maximum absolute atomic E-state index is 12.5. The molecule has 1 aliphatic rings. The van der Waals surface area contributed by atoms with E-state index in [0.29, 0.717) is 13.1 Å². The number of nitrogens with zero attached hydrogens (tertiary/aromatic N) is 1. The van der Waals surface area contributed by atoms with Crippen LogP contribution in [0, 0.1) is 6.92 Å². The van der Waals surface area contributed by atoms with Crippen molar-refractivity contribution in [3.05, 3.63) is 29.3 Å². The third-order valence-electron chi connectivity index (χ3n) is 3.76. The molecule has 0 aromatic heterocycles. The van der Waals surface area contributed by atoms with Crippen molar-refractivity contribution in [2.24, 2.45) is 0 Å². The summed E-state index contributed by atoms with van der Waals surface area (Å²) in [5.74, 6) is -0.656. The van der Waals surface area contributed by atoms with Gasteiger partial charge in [-0.2, -0.15) is 0 Å². The van der Waals surface area contributed by atoms with Crippen LogP contribution in [0.1, 0.15) is 15.9 Å². The normalized spacial score (nSPS) is 15.0. The Balaban J connectivity index is 0.00000288. The molecule has 2 N–H and O–H groups in total. The molecule has 0 spiro atoms. The highest BCUT2D eigenvalue weighted by Gasteiger charge is 2.23. The molecular formula is C15H25Cl2N3O4S. The van der Waals surface area contributed by atoms with Crippen molar-refractivity contribution in [2.45, 2.75) is 11.8 Å². The lowest BCUT2D eigenvalue weighted by Gasteiger charge is -2.27. The third-order valence-corrected chi connectivity index (χ3v) is 5.28. The summed E-state index contributed by atoms with van der Waals surface area (Å²) in [6.45, 7) is 6.37. The zero-order valence-electron chi connectivity index (χ0n) is 14.3. The van der Waals surface area contributed by atoms with Crippen molar-refractivity contribution in [1.29, 1.82) is 0 Å². The summed E-state index contributed by atoms with van der Waals surface area (Å²) in [6, 6.07) is 4.63. The van der Waals surface area contributed by atoms with Crippen molar-refractivity contribution >= 4 is 40.8 Å². The minimum Gasteiger partial charge on any atom is -0.465 e. The topological polar surface area (TPSA) is 87.7 Å². The molecule has 2 rings (SSSR count). The summed E-state index contributed by atoms with van der Waals surface area (Å²) in [5.41, 5.74) is 0.854. The molecule has 0 saturated carbocycles. The summed E-state index contributed by atoms with van der Waals surface area (Å²) in [7, 11) is -2.52. The fourth-order valence-corrected chi connectivity index (χ4v) is 3.69. The molecule has 25 heavy (non-hydrogen) atoms. The van der Waals surface area contributed by atoms with Gasteiger partial charge in [0.1, 0.15) is 0 Å². The van der Waals surface area contributed by atoms with Gasteiger partial charge >= 0.3 is 5.97 Å². The molecule has 1 aromatic rings. The number of nitrogens with one attached hydrogen (secondary N) is 2. The molecule has 0 unspecified atom stereocenters.